The van der Waals surface area contributed by atoms with Gasteiger partial charge < -0.3 is 4.63 Å². The first-order chi connectivity index (χ1) is 6.93. The number of hydrogen-bond acceptors (Lipinski definition) is 1. The van der Waals surface area contributed by atoms with Crippen molar-refractivity contribution in [1.29, 1.82) is 0 Å². The Balaban J connectivity index is 2.08. The van der Waals surface area contributed by atoms with Crippen molar-refractivity contribution < 1.29 is 0 Å². The molecule has 1 aliphatic heterocycles. The lowest BCUT2D eigenvalue weighted by Gasteiger charge is -2.20. The number of hydrogen-bond donors (Lipinski definition) is 0. The van der Waals surface area contributed by atoms with Crippen molar-refractivity contribution in [2.75, 3.05) is 0 Å². The molecule has 67 valence electrons. The Morgan fingerprint density at radius 3 is 2.71 bits per heavy atom. The summed E-state index contributed by atoms with van der Waals surface area (Å²) in [5, 5.41) is 1.53. The van der Waals surface area contributed by atoms with Gasteiger partial charge in [0.2, 0.25) is 0 Å². The van der Waals surface area contributed by atoms with E-state index in [1.54, 1.807) is 0 Å². The van der Waals surface area contributed by atoms with Crippen LogP contribution in [-0.2, 0) is 12.8 Å². The first kappa shape index (κ1) is 8.06. The van der Waals surface area contributed by atoms with Gasteiger partial charge in [-0.15, -0.1) is 0 Å². The van der Waals surface area contributed by atoms with E-state index in [0.717, 1.165) is 12.8 Å². The quantitative estimate of drug-likeness (QED) is 0.565. The topological polar surface area (TPSA) is 12.4 Å². The molecule has 0 bridgehead atoms. The fourth-order valence-corrected chi connectivity index (χ4v) is 2.92. The summed E-state index contributed by atoms with van der Waals surface area (Å²) in [6.07, 6.45) is 6.33. The van der Waals surface area contributed by atoms with E-state index in [1.807, 2.05) is 6.20 Å². The molecule has 0 saturated carbocycles. The van der Waals surface area contributed by atoms with Crippen LogP contribution in [0, 0.1) is 0 Å². The standard InChI is InChI=1S/C12H10NSi/c1-2-4-10-8-12-11(5-6-13-14-12)7-9(10)3-1/h1-6H,7-8H2. The zero-order chi connectivity index (χ0) is 9.38. The van der Waals surface area contributed by atoms with Crippen molar-refractivity contribution in [3.8, 4) is 0 Å². The molecule has 0 saturated heterocycles. The highest BCUT2D eigenvalue weighted by molar-refractivity contribution is 6.34. The zero-order valence-corrected chi connectivity index (χ0v) is 8.83. The van der Waals surface area contributed by atoms with Gasteiger partial charge in [0.05, 0.1) is 0 Å². The number of rotatable bonds is 0. The van der Waals surface area contributed by atoms with Gasteiger partial charge in [-0.3, -0.25) is 0 Å². The summed E-state index contributed by atoms with van der Waals surface area (Å²) in [5.41, 5.74) is 4.48. The van der Waals surface area contributed by atoms with Gasteiger partial charge in [0.25, 0.3) is 0 Å². The molecule has 0 fully saturated rings. The van der Waals surface area contributed by atoms with Crippen molar-refractivity contribution >= 4 is 9.31 Å². The van der Waals surface area contributed by atoms with Crippen LogP contribution in [0.1, 0.15) is 11.1 Å². The normalized spacial score (nSPS) is 18.0. The van der Waals surface area contributed by atoms with Crippen molar-refractivity contribution in [1.82, 2.24) is 0 Å². The van der Waals surface area contributed by atoms with E-state index in [4.69, 9.17) is 0 Å². The van der Waals surface area contributed by atoms with Crippen LogP contribution in [0.25, 0.3) is 0 Å². The second-order valence-electron chi connectivity index (χ2n) is 3.68. The van der Waals surface area contributed by atoms with Gasteiger partial charge in [-0.05, 0) is 40.8 Å². The Bertz CT molecular complexity index is 426. The van der Waals surface area contributed by atoms with E-state index in [-0.39, 0.29) is 0 Å². The molecular formula is C12H10NSi. The van der Waals surface area contributed by atoms with E-state index in [0.29, 0.717) is 9.31 Å². The molecule has 0 atom stereocenters. The SMILES string of the molecule is C1=CC2=C(Cc3ccccc3C2)[Si]=N1. The molecular weight excluding hydrogens is 186 g/mol. The minimum absolute atomic E-state index is 0.661. The third-order valence-corrected chi connectivity index (χ3v) is 3.85. The fourth-order valence-electron chi connectivity index (χ4n) is 2.03. The van der Waals surface area contributed by atoms with Crippen LogP contribution in [-0.4, -0.2) is 9.31 Å². The first-order valence-corrected chi connectivity index (χ1v) is 5.79. The number of fused-ring (bicyclic) bond motifs is 1. The molecule has 0 aromatic heterocycles. The zero-order valence-electron chi connectivity index (χ0n) is 7.83. The Morgan fingerprint density at radius 2 is 1.86 bits per heavy atom. The Hall–Kier alpha value is -1.28. The lowest BCUT2D eigenvalue weighted by Crippen LogP contribution is -2.10. The number of allylic oxidation sites excluding steroid dienone is 3. The van der Waals surface area contributed by atoms with Crippen LogP contribution < -0.4 is 0 Å². The summed E-state index contributed by atoms with van der Waals surface area (Å²) in [7, 11) is 0.661. The smallest absolute Gasteiger partial charge is 0.191 e. The summed E-state index contributed by atoms with van der Waals surface area (Å²) < 4.78 is 4.32. The van der Waals surface area contributed by atoms with Gasteiger partial charge in [-0.1, -0.05) is 24.3 Å². The third-order valence-electron chi connectivity index (χ3n) is 2.80. The summed E-state index contributed by atoms with van der Waals surface area (Å²) in [6.45, 7) is 0. The van der Waals surface area contributed by atoms with Crippen molar-refractivity contribution in [2.24, 2.45) is 4.63 Å². The number of nitrogens with zero attached hydrogens (tertiary/aromatic N) is 1. The van der Waals surface area contributed by atoms with E-state index in [9.17, 15) is 0 Å². The average Bonchev–Trinajstić information content (AvgIpc) is 2.26. The van der Waals surface area contributed by atoms with E-state index < -0.39 is 0 Å². The predicted molar refractivity (Wildman–Crippen MR) is 58.2 cm³/mol. The largest absolute Gasteiger partial charge is 0.303 e. The summed E-state index contributed by atoms with van der Waals surface area (Å²) in [5.74, 6) is 0. The Labute approximate surface area is 85.7 Å². The minimum atomic E-state index is 0.661. The van der Waals surface area contributed by atoms with Crippen LogP contribution in [0.3, 0.4) is 0 Å². The second-order valence-corrected chi connectivity index (χ2v) is 4.77. The minimum Gasteiger partial charge on any atom is -0.303 e. The highest BCUT2D eigenvalue weighted by Crippen LogP contribution is 2.26. The molecule has 2 heteroatoms. The van der Waals surface area contributed by atoms with Crippen molar-refractivity contribution in [3.63, 3.8) is 0 Å². The van der Waals surface area contributed by atoms with Gasteiger partial charge in [-0.25, -0.2) is 0 Å². The average molecular weight is 196 g/mol. The molecule has 0 unspecified atom stereocenters. The molecule has 0 amide bonds. The maximum absolute atomic E-state index is 4.32. The van der Waals surface area contributed by atoms with E-state index >= 15 is 0 Å². The van der Waals surface area contributed by atoms with Crippen LogP contribution in [0.15, 0.2) is 51.9 Å². The second kappa shape index (κ2) is 3.14. The molecule has 1 aromatic rings. The van der Waals surface area contributed by atoms with E-state index in [2.05, 4.69) is 35.0 Å². The summed E-state index contributed by atoms with van der Waals surface area (Å²) >= 11 is 0. The highest BCUT2D eigenvalue weighted by atomic mass is 28.2. The molecule has 1 nitrogen and oxygen atoms in total. The predicted octanol–water partition coefficient (Wildman–Crippen LogP) is 2.45. The van der Waals surface area contributed by atoms with Crippen LogP contribution in [0.4, 0.5) is 0 Å². The molecule has 0 N–H and O–H groups in total. The molecule has 1 aliphatic carbocycles. The maximum atomic E-state index is 4.32. The van der Waals surface area contributed by atoms with Gasteiger partial charge in [0, 0.05) is 6.20 Å². The van der Waals surface area contributed by atoms with Crippen LogP contribution in [0.2, 0.25) is 0 Å². The molecule has 1 aromatic carbocycles. The fraction of sp³-hybridized carbons (Fsp3) is 0.167. The maximum Gasteiger partial charge on any atom is 0.191 e. The molecule has 0 spiro atoms. The van der Waals surface area contributed by atoms with E-state index in [1.165, 1.54) is 21.9 Å². The van der Waals surface area contributed by atoms with Gasteiger partial charge in [0.15, 0.2) is 9.31 Å². The van der Waals surface area contributed by atoms with Crippen LogP contribution >= 0.6 is 0 Å². The summed E-state index contributed by atoms with van der Waals surface area (Å²) in [4.78, 5) is 0. The highest BCUT2D eigenvalue weighted by Gasteiger charge is 2.16. The Morgan fingerprint density at radius 1 is 1.07 bits per heavy atom. The molecule has 1 heterocycles. The lowest BCUT2D eigenvalue weighted by atomic mass is 9.91. The van der Waals surface area contributed by atoms with Gasteiger partial charge in [0.1, 0.15) is 0 Å². The lowest BCUT2D eigenvalue weighted by molar-refractivity contribution is 1.02. The van der Waals surface area contributed by atoms with Crippen molar-refractivity contribution in [2.45, 2.75) is 12.8 Å². The molecule has 3 rings (SSSR count). The molecule has 2 aliphatic rings. The van der Waals surface area contributed by atoms with Crippen molar-refractivity contribution in [3.05, 3.63) is 58.4 Å². The molecule has 1 radical (unpaired) electrons. The van der Waals surface area contributed by atoms with Crippen LogP contribution in [0.5, 0.6) is 0 Å². The first-order valence-electron chi connectivity index (χ1n) is 4.85. The third kappa shape index (κ3) is 1.23. The monoisotopic (exact) mass is 196 g/mol. The molecule has 14 heavy (non-hydrogen) atoms. The van der Waals surface area contributed by atoms with Gasteiger partial charge >= 0.3 is 0 Å². The number of benzene rings is 1. The summed E-state index contributed by atoms with van der Waals surface area (Å²) in [6, 6.07) is 8.73. The Kier molecular flexibility index (Phi) is 1.81. The van der Waals surface area contributed by atoms with Gasteiger partial charge in [-0.2, -0.15) is 0 Å².